The maximum atomic E-state index is 13.1. The quantitative estimate of drug-likeness (QED) is 0.0227. The highest BCUT2D eigenvalue weighted by atomic mass is 32.3. The van der Waals surface area contributed by atoms with Crippen LogP contribution in [0, 0.1) is 0 Å². The summed E-state index contributed by atoms with van der Waals surface area (Å²) < 4.78 is 47.6. The molecule has 0 bridgehead atoms. The van der Waals surface area contributed by atoms with E-state index in [0.717, 1.165) is 38.5 Å². The first kappa shape index (κ1) is 57.1. The second-order valence-electron chi connectivity index (χ2n) is 17.6. The molecule has 0 saturated carbocycles. The van der Waals surface area contributed by atoms with Crippen molar-refractivity contribution in [1.82, 2.24) is 5.32 Å². The maximum Gasteiger partial charge on any atom is 0.397 e. The van der Waals surface area contributed by atoms with Crippen LogP contribution in [0.4, 0.5) is 0 Å². The summed E-state index contributed by atoms with van der Waals surface area (Å²) in [7, 11) is -5.10. The molecule has 1 heterocycles. The smallest absolute Gasteiger partial charge is 0.394 e. The average Bonchev–Trinajstić information content (AvgIpc) is 3.22. The summed E-state index contributed by atoms with van der Waals surface area (Å²) in [6.07, 6.45) is 27.2. The Hall–Kier alpha value is -0.940. The SMILES string of the molecule is CCCCCCCCCCCCCCCCCCCCCCC(O)C(=O)NC(COC1OC(CO)C(O)C(OS(=O)(=O)O)C1O)C(O)CCCCCCCCCCCCC. The third-order valence-electron chi connectivity index (χ3n) is 12.0. The molecule has 0 aliphatic carbocycles. The highest BCUT2D eigenvalue weighted by molar-refractivity contribution is 7.80. The summed E-state index contributed by atoms with van der Waals surface area (Å²) in [5.41, 5.74) is 0. The number of ether oxygens (including phenoxy) is 2. The minimum absolute atomic E-state index is 0.266. The van der Waals surface area contributed by atoms with Gasteiger partial charge in [0.1, 0.15) is 30.5 Å². The molecule has 1 aliphatic rings. The Bertz CT molecular complexity index is 1100. The van der Waals surface area contributed by atoms with E-state index in [4.69, 9.17) is 9.47 Å². The van der Waals surface area contributed by atoms with E-state index >= 15 is 0 Å². The fourth-order valence-electron chi connectivity index (χ4n) is 8.11. The van der Waals surface area contributed by atoms with Gasteiger partial charge in [-0.05, 0) is 12.8 Å². The number of carbonyl (C=O) groups excluding carboxylic acids is 1. The van der Waals surface area contributed by atoms with Gasteiger partial charge in [0.05, 0.1) is 25.4 Å². The molecule has 14 heteroatoms. The first-order chi connectivity index (χ1) is 28.9. The molecule has 60 heavy (non-hydrogen) atoms. The van der Waals surface area contributed by atoms with Gasteiger partial charge in [-0.3, -0.25) is 9.35 Å². The molecule has 1 fully saturated rings. The van der Waals surface area contributed by atoms with E-state index in [1.165, 1.54) is 148 Å². The number of hydrogen-bond donors (Lipinski definition) is 7. The van der Waals surface area contributed by atoms with Crippen molar-refractivity contribution >= 4 is 16.3 Å². The highest BCUT2D eigenvalue weighted by Gasteiger charge is 2.48. The topological polar surface area (TPSA) is 212 Å². The van der Waals surface area contributed by atoms with Crippen LogP contribution in [0.25, 0.3) is 0 Å². The van der Waals surface area contributed by atoms with Gasteiger partial charge in [0.25, 0.3) is 0 Å². The van der Waals surface area contributed by atoms with Gasteiger partial charge >= 0.3 is 10.4 Å². The summed E-state index contributed by atoms with van der Waals surface area (Å²) >= 11 is 0. The van der Waals surface area contributed by atoms with Gasteiger partial charge in [-0.25, -0.2) is 4.18 Å². The van der Waals surface area contributed by atoms with Crippen molar-refractivity contribution in [3.8, 4) is 0 Å². The third-order valence-corrected chi connectivity index (χ3v) is 12.5. The molecule has 1 rings (SSSR count). The molecule has 1 aliphatic heterocycles. The van der Waals surface area contributed by atoms with E-state index in [0.29, 0.717) is 19.3 Å². The zero-order valence-electron chi connectivity index (χ0n) is 37.9. The summed E-state index contributed by atoms with van der Waals surface area (Å²) in [5, 5.41) is 55.3. The summed E-state index contributed by atoms with van der Waals surface area (Å²) in [4.78, 5) is 13.1. The van der Waals surface area contributed by atoms with Gasteiger partial charge in [-0.1, -0.05) is 213 Å². The minimum atomic E-state index is -5.10. The molecule has 8 unspecified atom stereocenters. The van der Waals surface area contributed by atoms with Crippen LogP contribution in [0.1, 0.15) is 226 Å². The van der Waals surface area contributed by atoms with E-state index in [2.05, 4.69) is 23.3 Å². The maximum absolute atomic E-state index is 13.1. The van der Waals surface area contributed by atoms with E-state index in [9.17, 15) is 43.3 Å². The van der Waals surface area contributed by atoms with E-state index in [1.54, 1.807) is 0 Å². The first-order valence-corrected chi connectivity index (χ1v) is 25.9. The predicted octanol–water partition coefficient (Wildman–Crippen LogP) is 8.75. The van der Waals surface area contributed by atoms with E-state index in [1.807, 2.05) is 0 Å². The zero-order chi connectivity index (χ0) is 44.3. The Morgan fingerprint density at radius 3 is 1.33 bits per heavy atom. The lowest BCUT2D eigenvalue weighted by Crippen LogP contribution is -2.61. The lowest BCUT2D eigenvalue weighted by molar-refractivity contribution is -0.298. The lowest BCUT2D eigenvalue weighted by Gasteiger charge is -2.41. The van der Waals surface area contributed by atoms with Gasteiger partial charge in [0.2, 0.25) is 5.91 Å². The molecule has 0 aromatic carbocycles. The van der Waals surface area contributed by atoms with E-state index in [-0.39, 0.29) is 6.42 Å². The fourth-order valence-corrected chi connectivity index (χ4v) is 8.62. The normalized spacial score (nSPS) is 21.2. The van der Waals surface area contributed by atoms with Crippen LogP contribution < -0.4 is 5.32 Å². The summed E-state index contributed by atoms with van der Waals surface area (Å²) in [5.74, 6) is -0.666. The number of hydrogen-bond acceptors (Lipinski definition) is 11. The Morgan fingerprint density at radius 1 is 0.600 bits per heavy atom. The number of carbonyl (C=O) groups is 1. The van der Waals surface area contributed by atoms with Crippen LogP contribution in [0.5, 0.6) is 0 Å². The molecule has 13 nitrogen and oxygen atoms in total. The van der Waals surface area contributed by atoms with Crippen LogP contribution in [0.2, 0.25) is 0 Å². The molecule has 1 amide bonds. The zero-order valence-corrected chi connectivity index (χ0v) is 38.7. The van der Waals surface area contributed by atoms with Crippen molar-refractivity contribution in [2.24, 2.45) is 0 Å². The van der Waals surface area contributed by atoms with E-state index < -0.39 is 78.5 Å². The van der Waals surface area contributed by atoms with Crippen molar-refractivity contribution in [2.45, 2.75) is 275 Å². The first-order valence-electron chi connectivity index (χ1n) is 24.5. The average molecular weight is 882 g/mol. The Kier molecular flexibility index (Phi) is 35.6. The number of aliphatic hydroxyl groups is 5. The van der Waals surface area contributed by atoms with Crippen molar-refractivity contribution in [2.75, 3.05) is 13.2 Å². The van der Waals surface area contributed by atoms with Crippen molar-refractivity contribution in [1.29, 1.82) is 0 Å². The second-order valence-corrected chi connectivity index (χ2v) is 18.6. The van der Waals surface area contributed by atoms with Crippen molar-refractivity contribution < 1.29 is 57.0 Å². The van der Waals surface area contributed by atoms with Gasteiger partial charge in [0, 0.05) is 0 Å². The van der Waals surface area contributed by atoms with Crippen LogP contribution in [0.3, 0.4) is 0 Å². The molecular formula is C46H91NO12S. The van der Waals surface area contributed by atoms with Crippen LogP contribution in [-0.4, -0.2) is 107 Å². The standard InChI is InChI=1S/C46H91NO12S/c1-3-5-7-9-11-13-15-16-17-18-19-20-21-22-23-25-27-29-31-33-35-40(50)45(53)47-38(39(49)34-32-30-28-26-24-14-12-10-8-6-4-2)37-57-46-43(52)44(59-60(54,55)56)42(51)41(36-48)58-46/h38-44,46,48-52H,3-37H2,1-2H3,(H,47,53)(H,54,55,56). The molecule has 8 atom stereocenters. The molecule has 0 aromatic heterocycles. The Morgan fingerprint density at radius 2 is 0.967 bits per heavy atom. The van der Waals surface area contributed by atoms with Crippen LogP contribution in [-0.2, 0) is 28.9 Å². The molecule has 0 aromatic rings. The van der Waals surface area contributed by atoms with Gasteiger partial charge in [0.15, 0.2) is 6.29 Å². The second kappa shape index (κ2) is 37.4. The van der Waals surface area contributed by atoms with Crippen LogP contribution >= 0.6 is 0 Å². The minimum Gasteiger partial charge on any atom is -0.394 e. The molecular weight excluding hydrogens is 791 g/mol. The Labute approximate surface area is 365 Å². The lowest BCUT2D eigenvalue weighted by atomic mass is 9.99. The fraction of sp³-hybridized carbons (Fsp3) is 0.978. The third kappa shape index (κ3) is 29.4. The largest absolute Gasteiger partial charge is 0.397 e. The summed E-state index contributed by atoms with van der Waals surface area (Å²) in [6, 6.07) is -1.03. The van der Waals surface area contributed by atoms with Gasteiger partial charge in [-0.2, -0.15) is 8.42 Å². The Balaban J connectivity index is 2.45. The molecule has 0 spiro atoms. The van der Waals surface area contributed by atoms with Crippen molar-refractivity contribution in [3.63, 3.8) is 0 Å². The molecule has 7 N–H and O–H groups in total. The number of unbranched alkanes of at least 4 members (excludes halogenated alkanes) is 29. The monoisotopic (exact) mass is 882 g/mol. The number of nitrogens with one attached hydrogen (secondary N) is 1. The van der Waals surface area contributed by atoms with Gasteiger partial charge in [-0.15, -0.1) is 0 Å². The highest BCUT2D eigenvalue weighted by Crippen LogP contribution is 2.26. The molecule has 358 valence electrons. The molecule has 0 radical (unpaired) electrons. The predicted molar refractivity (Wildman–Crippen MR) is 238 cm³/mol. The summed E-state index contributed by atoms with van der Waals surface area (Å²) in [6.45, 7) is 3.28. The number of amides is 1. The molecule has 1 saturated heterocycles. The van der Waals surface area contributed by atoms with Gasteiger partial charge < -0.3 is 40.3 Å². The number of rotatable bonds is 42. The number of aliphatic hydroxyl groups excluding tert-OH is 5. The van der Waals surface area contributed by atoms with Crippen molar-refractivity contribution in [3.05, 3.63) is 0 Å². The van der Waals surface area contributed by atoms with Crippen LogP contribution in [0.15, 0.2) is 0 Å².